The van der Waals surface area contributed by atoms with Gasteiger partial charge in [0.05, 0.1) is 16.8 Å². The summed E-state index contributed by atoms with van der Waals surface area (Å²) in [5, 5.41) is 2.68. The van der Waals surface area contributed by atoms with Gasteiger partial charge in [0.2, 0.25) is 26.0 Å². The van der Waals surface area contributed by atoms with E-state index in [2.05, 4.69) is 5.32 Å². The van der Waals surface area contributed by atoms with Crippen molar-refractivity contribution in [1.29, 1.82) is 0 Å². The molecule has 10 heteroatoms. The molecule has 1 aliphatic heterocycles. The van der Waals surface area contributed by atoms with Crippen molar-refractivity contribution in [1.82, 2.24) is 4.31 Å². The molecular weight excluding hydrogens is 474 g/mol. The van der Waals surface area contributed by atoms with Crippen LogP contribution >= 0.6 is 0 Å². The molecule has 0 spiro atoms. The molecule has 0 atom stereocenters. The number of para-hydroxylation sites is 1. The zero-order chi connectivity index (χ0) is 24.9. The first-order chi connectivity index (χ1) is 16.0. The minimum Gasteiger partial charge on any atom is -0.325 e. The van der Waals surface area contributed by atoms with E-state index in [0.29, 0.717) is 24.5 Å². The number of carbonyl (C=O) groups is 1. The Morgan fingerprint density at radius 3 is 2.09 bits per heavy atom. The second-order valence-corrected chi connectivity index (χ2v) is 12.7. The standard InChI is InChI=1S/C24H33N3O5S2/c1-19(2)22-10-6-7-11-23(22)27(33(3,29)30)18-24(28)25-20-12-14-21(15-13-20)34(31,32)26-16-8-4-5-9-17-26/h6-7,10-15,19H,4-5,8-9,16-18H2,1-3H3,(H,25,28). The first-order valence-electron chi connectivity index (χ1n) is 11.5. The van der Waals surface area contributed by atoms with E-state index in [1.165, 1.54) is 28.6 Å². The first kappa shape index (κ1) is 26.2. The topological polar surface area (TPSA) is 104 Å². The maximum absolute atomic E-state index is 12.9. The van der Waals surface area contributed by atoms with E-state index >= 15 is 0 Å². The van der Waals surface area contributed by atoms with Crippen LogP contribution < -0.4 is 9.62 Å². The number of sulfonamides is 2. The fourth-order valence-corrected chi connectivity index (χ4v) is 6.45. The molecule has 0 aromatic heterocycles. The quantitative estimate of drug-likeness (QED) is 0.586. The largest absolute Gasteiger partial charge is 0.325 e. The van der Waals surface area contributed by atoms with E-state index in [-0.39, 0.29) is 10.8 Å². The highest BCUT2D eigenvalue weighted by atomic mass is 32.2. The van der Waals surface area contributed by atoms with Crippen LogP contribution in [0.2, 0.25) is 0 Å². The van der Waals surface area contributed by atoms with E-state index in [1.54, 1.807) is 12.1 Å². The molecule has 1 N–H and O–H groups in total. The SMILES string of the molecule is CC(C)c1ccccc1N(CC(=O)Nc1ccc(S(=O)(=O)N2CCCCCC2)cc1)S(C)(=O)=O. The average Bonchev–Trinajstić information content (AvgIpc) is 3.07. The van der Waals surface area contributed by atoms with Crippen molar-refractivity contribution in [2.45, 2.75) is 50.3 Å². The third kappa shape index (κ3) is 6.37. The van der Waals surface area contributed by atoms with Gasteiger partial charge in [-0.3, -0.25) is 9.10 Å². The zero-order valence-electron chi connectivity index (χ0n) is 19.9. The Balaban J connectivity index is 1.75. The maximum Gasteiger partial charge on any atom is 0.245 e. The van der Waals surface area contributed by atoms with Crippen molar-refractivity contribution < 1.29 is 21.6 Å². The summed E-state index contributed by atoms with van der Waals surface area (Å²) >= 11 is 0. The first-order valence-corrected chi connectivity index (χ1v) is 14.8. The van der Waals surface area contributed by atoms with Gasteiger partial charge >= 0.3 is 0 Å². The van der Waals surface area contributed by atoms with Gasteiger partial charge in [0.15, 0.2) is 0 Å². The summed E-state index contributed by atoms with van der Waals surface area (Å²) < 4.78 is 53.5. The zero-order valence-corrected chi connectivity index (χ0v) is 21.5. The predicted molar refractivity (Wildman–Crippen MR) is 135 cm³/mol. The van der Waals surface area contributed by atoms with Crippen molar-refractivity contribution in [3.63, 3.8) is 0 Å². The van der Waals surface area contributed by atoms with Crippen molar-refractivity contribution >= 4 is 37.3 Å². The third-order valence-electron chi connectivity index (χ3n) is 5.86. The van der Waals surface area contributed by atoms with Crippen LogP contribution in [0.25, 0.3) is 0 Å². The lowest BCUT2D eigenvalue weighted by molar-refractivity contribution is -0.114. The number of nitrogens with zero attached hydrogens (tertiary/aromatic N) is 2. The highest BCUT2D eigenvalue weighted by molar-refractivity contribution is 7.92. The summed E-state index contributed by atoms with van der Waals surface area (Å²) in [6.45, 7) is 4.55. The van der Waals surface area contributed by atoms with Crippen molar-refractivity contribution in [3.05, 3.63) is 54.1 Å². The van der Waals surface area contributed by atoms with Gasteiger partial charge in [0.1, 0.15) is 6.54 Å². The average molecular weight is 508 g/mol. The number of hydrogen-bond acceptors (Lipinski definition) is 5. The van der Waals surface area contributed by atoms with Crippen LogP contribution in [0.3, 0.4) is 0 Å². The molecular formula is C24H33N3O5S2. The lowest BCUT2D eigenvalue weighted by Crippen LogP contribution is -2.38. The van der Waals surface area contributed by atoms with Crippen LogP contribution in [0.4, 0.5) is 11.4 Å². The fraction of sp³-hybridized carbons (Fsp3) is 0.458. The number of amides is 1. The smallest absolute Gasteiger partial charge is 0.245 e. The van der Waals surface area contributed by atoms with E-state index < -0.39 is 32.5 Å². The Hall–Kier alpha value is -2.43. The summed E-state index contributed by atoms with van der Waals surface area (Å²) in [5.74, 6) is -0.450. The lowest BCUT2D eigenvalue weighted by atomic mass is 10.0. The summed E-state index contributed by atoms with van der Waals surface area (Å²) in [6.07, 6.45) is 4.83. The molecule has 2 aromatic carbocycles. The number of nitrogens with one attached hydrogen (secondary N) is 1. The number of hydrogen-bond donors (Lipinski definition) is 1. The molecule has 8 nitrogen and oxygen atoms in total. The van der Waals surface area contributed by atoms with Gasteiger partial charge in [-0.25, -0.2) is 16.8 Å². The normalized spacial score (nSPS) is 15.6. The number of anilines is 2. The molecule has 0 saturated carbocycles. The predicted octanol–water partition coefficient (Wildman–Crippen LogP) is 3.78. The number of carbonyl (C=O) groups excluding carboxylic acids is 1. The number of rotatable bonds is 8. The van der Waals surface area contributed by atoms with Gasteiger partial charge in [-0.1, -0.05) is 44.9 Å². The second-order valence-electron chi connectivity index (χ2n) is 8.87. The van der Waals surface area contributed by atoms with Crippen molar-refractivity contribution in [3.8, 4) is 0 Å². The van der Waals surface area contributed by atoms with E-state index in [0.717, 1.165) is 41.8 Å². The van der Waals surface area contributed by atoms with Crippen LogP contribution in [-0.4, -0.2) is 52.9 Å². The molecule has 1 fully saturated rings. The molecule has 1 heterocycles. The maximum atomic E-state index is 12.9. The van der Waals surface area contributed by atoms with E-state index in [9.17, 15) is 21.6 Å². The molecule has 1 amide bonds. The lowest BCUT2D eigenvalue weighted by Gasteiger charge is -2.25. The van der Waals surface area contributed by atoms with Gasteiger partial charge in [0, 0.05) is 18.8 Å². The van der Waals surface area contributed by atoms with Crippen LogP contribution in [0.5, 0.6) is 0 Å². The molecule has 34 heavy (non-hydrogen) atoms. The molecule has 2 aromatic rings. The van der Waals surface area contributed by atoms with Gasteiger partial charge in [0.25, 0.3) is 0 Å². The Morgan fingerprint density at radius 1 is 0.941 bits per heavy atom. The summed E-state index contributed by atoms with van der Waals surface area (Å²) in [4.78, 5) is 12.9. The molecule has 3 rings (SSSR count). The van der Waals surface area contributed by atoms with Gasteiger partial charge in [-0.2, -0.15) is 4.31 Å². The molecule has 0 bridgehead atoms. The highest BCUT2D eigenvalue weighted by Crippen LogP contribution is 2.29. The molecule has 186 valence electrons. The molecule has 1 aliphatic rings. The minimum absolute atomic E-state index is 0.0715. The molecule has 0 radical (unpaired) electrons. The monoisotopic (exact) mass is 507 g/mol. The Morgan fingerprint density at radius 2 is 1.53 bits per heavy atom. The minimum atomic E-state index is -3.72. The highest BCUT2D eigenvalue weighted by Gasteiger charge is 2.26. The van der Waals surface area contributed by atoms with Crippen molar-refractivity contribution in [2.75, 3.05) is 35.5 Å². The molecule has 0 unspecified atom stereocenters. The van der Waals surface area contributed by atoms with Crippen molar-refractivity contribution in [2.24, 2.45) is 0 Å². The fourth-order valence-electron chi connectivity index (χ4n) is 4.06. The Labute approximate surface area is 203 Å². The van der Waals surface area contributed by atoms with Gasteiger partial charge in [-0.05, 0) is 54.7 Å². The Bertz CT molecular complexity index is 1200. The van der Waals surface area contributed by atoms with Crippen LogP contribution in [-0.2, 0) is 24.8 Å². The second kappa shape index (κ2) is 10.9. The number of benzene rings is 2. The van der Waals surface area contributed by atoms with E-state index in [1.807, 2.05) is 26.0 Å². The van der Waals surface area contributed by atoms with Crippen LogP contribution in [0.1, 0.15) is 51.0 Å². The van der Waals surface area contributed by atoms with Gasteiger partial charge in [-0.15, -0.1) is 0 Å². The van der Waals surface area contributed by atoms with Crippen LogP contribution in [0.15, 0.2) is 53.4 Å². The summed E-state index contributed by atoms with van der Waals surface area (Å²) in [6, 6.07) is 13.1. The summed E-state index contributed by atoms with van der Waals surface area (Å²) in [7, 11) is -7.30. The molecule has 0 aliphatic carbocycles. The van der Waals surface area contributed by atoms with E-state index in [4.69, 9.17) is 0 Å². The summed E-state index contributed by atoms with van der Waals surface area (Å²) in [5.41, 5.74) is 1.68. The third-order valence-corrected chi connectivity index (χ3v) is 8.90. The van der Waals surface area contributed by atoms with Gasteiger partial charge < -0.3 is 5.32 Å². The Kier molecular flexibility index (Phi) is 8.38. The molecule has 1 saturated heterocycles. The van der Waals surface area contributed by atoms with Crippen LogP contribution in [0, 0.1) is 0 Å².